The molecule has 1 aliphatic rings. The van der Waals surface area contributed by atoms with Gasteiger partial charge in [-0.2, -0.15) is 0 Å². The molecule has 1 heterocycles. The van der Waals surface area contributed by atoms with Crippen LogP contribution in [0.15, 0.2) is 53.7 Å². The fourth-order valence-electron chi connectivity index (χ4n) is 3.44. The minimum absolute atomic E-state index is 0.144. The summed E-state index contributed by atoms with van der Waals surface area (Å²) in [5, 5.41) is 14.1. The SMILES string of the molecule is O=C(CCCCc1nnc(SCc2cccc(Cl)c2)n1-c1cccc(Cl)c1)NCC1CC1. The summed E-state index contributed by atoms with van der Waals surface area (Å²) in [5.41, 5.74) is 2.06. The van der Waals surface area contributed by atoms with Crippen LogP contribution in [0.5, 0.6) is 0 Å². The first kappa shape index (κ1) is 23.1. The number of benzene rings is 2. The smallest absolute Gasteiger partial charge is 0.220 e. The summed E-state index contributed by atoms with van der Waals surface area (Å²) in [4.78, 5) is 12.0. The second-order valence-corrected chi connectivity index (χ2v) is 9.90. The average Bonchev–Trinajstić information content (AvgIpc) is 3.52. The molecule has 0 atom stereocenters. The average molecular weight is 489 g/mol. The Hall–Kier alpha value is -2.02. The Kier molecular flexibility index (Phi) is 8.11. The van der Waals surface area contributed by atoms with Gasteiger partial charge in [-0.05, 0) is 67.5 Å². The molecule has 8 heteroatoms. The molecular weight excluding hydrogens is 463 g/mol. The van der Waals surface area contributed by atoms with Crippen LogP contribution in [0.3, 0.4) is 0 Å². The van der Waals surface area contributed by atoms with Crippen LogP contribution in [0.1, 0.15) is 43.5 Å². The molecule has 1 amide bonds. The number of hydrogen-bond donors (Lipinski definition) is 1. The van der Waals surface area contributed by atoms with Crippen molar-refractivity contribution < 1.29 is 4.79 Å². The van der Waals surface area contributed by atoms with E-state index in [4.69, 9.17) is 23.2 Å². The van der Waals surface area contributed by atoms with Gasteiger partial charge in [0, 0.05) is 35.2 Å². The molecule has 168 valence electrons. The van der Waals surface area contributed by atoms with Gasteiger partial charge in [-0.15, -0.1) is 10.2 Å². The standard InChI is InChI=1S/C24H26Cl2N4OS/c25-19-6-3-5-18(13-19)16-32-24-29-28-22(30(24)21-8-4-7-20(26)14-21)9-1-2-10-23(31)27-15-17-11-12-17/h3-8,13-14,17H,1-2,9-12,15-16H2,(H,27,31). The number of hydrogen-bond acceptors (Lipinski definition) is 4. The molecule has 1 aromatic heterocycles. The Morgan fingerprint density at radius 1 is 1.06 bits per heavy atom. The lowest BCUT2D eigenvalue weighted by molar-refractivity contribution is -0.121. The number of rotatable bonds is 11. The third kappa shape index (κ3) is 6.74. The second kappa shape index (κ2) is 11.2. The third-order valence-corrected chi connectivity index (χ3v) is 6.83. The number of nitrogens with one attached hydrogen (secondary N) is 1. The highest BCUT2D eigenvalue weighted by Crippen LogP contribution is 2.28. The summed E-state index contributed by atoms with van der Waals surface area (Å²) in [6, 6.07) is 15.5. The van der Waals surface area contributed by atoms with E-state index in [-0.39, 0.29) is 5.91 Å². The van der Waals surface area contributed by atoms with Crippen LogP contribution in [0.4, 0.5) is 0 Å². The maximum absolute atomic E-state index is 12.0. The Balaban J connectivity index is 1.41. The van der Waals surface area contributed by atoms with Crippen LogP contribution in [0.2, 0.25) is 10.0 Å². The Bertz CT molecular complexity index is 1070. The zero-order valence-corrected chi connectivity index (χ0v) is 20.1. The monoisotopic (exact) mass is 488 g/mol. The molecule has 4 rings (SSSR count). The van der Waals surface area contributed by atoms with Crippen LogP contribution in [-0.4, -0.2) is 27.2 Å². The molecule has 2 aromatic carbocycles. The number of carbonyl (C=O) groups excluding carboxylic acids is 1. The lowest BCUT2D eigenvalue weighted by atomic mass is 10.1. The predicted octanol–water partition coefficient (Wildman–Crippen LogP) is 6.11. The van der Waals surface area contributed by atoms with Crippen molar-refractivity contribution in [2.24, 2.45) is 5.92 Å². The van der Waals surface area contributed by atoms with E-state index in [2.05, 4.69) is 20.1 Å². The molecule has 1 saturated carbocycles. The summed E-state index contributed by atoms with van der Waals surface area (Å²) in [6.07, 6.45) is 5.48. The van der Waals surface area contributed by atoms with E-state index in [9.17, 15) is 4.79 Å². The summed E-state index contributed by atoms with van der Waals surface area (Å²) >= 11 is 14.0. The number of halogens is 2. The van der Waals surface area contributed by atoms with Crippen molar-refractivity contribution in [2.45, 2.75) is 49.4 Å². The fraction of sp³-hybridized carbons (Fsp3) is 0.375. The van der Waals surface area contributed by atoms with Gasteiger partial charge in [0.1, 0.15) is 5.82 Å². The van der Waals surface area contributed by atoms with Crippen molar-refractivity contribution in [1.82, 2.24) is 20.1 Å². The normalized spacial score (nSPS) is 13.3. The first-order valence-corrected chi connectivity index (χ1v) is 12.7. The molecule has 1 aliphatic carbocycles. The minimum Gasteiger partial charge on any atom is -0.356 e. The van der Waals surface area contributed by atoms with Crippen molar-refractivity contribution in [3.05, 3.63) is 70.0 Å². The fourth-order valence-corrected chi connectivity index (χ4v) is 4.75. The number of unbranched alkanes of at least 4 members (excludes halogenated alkanes) is 1. The highest BCUT2D eigenvalue weighted by atomic mass is 35.5. The van der Waals surface area contributed by atoms with Gasteiger partial charge < -0.3 is 5.32 Å². The molecule has 0 unspecified atom stereocenters. The number of carbonyl (C=O) groups is 1. The molecule has 1 N–H and O–H groups in total. The van der Waals surface area contributed by atoms with Crippen LogP contribution in [-0.2, 0) is 17.0 Å². The molecule has 32 heavy (non-hydrogen) atoms. The lowest BCUT2D eigenvalue weighted by Gasteiger charge is -2.11. The Labute approximate surface area is 202 Å². The van der Waals surface area contributed by atoms with Gasteiger partial charge in [-0.1, -0.05) is 53.2 Å². The van der Waals surface area contributed by atoms with Gasteiger partial charge in [0.25, 0.3) is 0 Å². The number of nitrogens with zero attached hydrogens (tertiary/aromatic N) is 3. The maximum atomic E-state index is 12.0. The van der Waals surface area contributed by atoms with E-state index < -0.39 is 0 Å². The second-order valence-electron chi connectivity index (χ2n) is 8.09. The first-order valence-electron chi connectivity index (χ1n) is 10.9. The van der Waals surface area contributed by atoms with Crippen molar-refractivity contribution in [1.29, 1.82) is 0 Å². The topological polar surface area (TPSA) is 59.8 Å². The summed E-state index contributed by atoms with van der Waals surface area (Å²) in [6.45, 7) is 0.829. The Morgan fingerprint density at radius 3 is 2.59 bits per heavy atom. The number of aryl methyl sites for hydroxylation is 1. The molecule has 0 bridgehead atoms. The van der Waals surface area contributed by atoms with Gasteiger partial charge in [0.05, 0.1) is 5.69 Å². The largest absolute Gasteiger partial charge is 0.356 e. The van der Waals surface area contributed by atoms with E-state index in [0.29, 0.717) is 17.4 Å². The van der Waals surface area contributed by atoms with Gasteiger partial charge >= 0.3 is 0 Å². The molecule has 1 fully saturated rings. The van der Waals surface area contributed by atoms with Crippen LogP contribution in [0, 0.1) is 5.92 Å². The van der Waals surface area contributed by atoms with Crippen molar-refractivity contribution in [3.8, 4) is 5.69 Å². The van der Waals surface area contributed by atoms with E-state index in [1.807, 2.05) is 48.5 Å². The van der Waals surface area contributed by atoms with E-state index >= 15 is 0 Å². The molecule has 5 nitrogen and oxygen atoms in total. The Morgan fingerprint density at radius 2 is 1.84 bits per heavy atom. The van der Waals surface area contributed by atoms with Gasteiger partial charge in [0.15, 0.2) is 5.16 Å². The minimum atomic E-state index is 0.144. The first-order chi connectivity index (χ1) is 15.6. The van der Waals surface area contributed by atoms with E-state index in [1.165, 1.54) is 12.8 Å². The maximum Gasteiger partial charge on any atom is 0.220 e. The van der Waals surface area contributed by atoms with E-state index in [0.717, 1.165) is 58.8 Å². The van der Waals surface area contributed by atoms with Gasteiger partial charge in [-0.3, -0.25) is 9.36 Å². The quantitative estimate of drug-likeness (QED) is 0.261. The summed E-state index contributed by atoms with van der Waals surface area (Å²) in [7, 11) is 0. The summed E-state index contributed by atoms with van der Waals surface area (Å²) in [5.74, 6) is 2.46. The highest BCUT2D eigenvalue weighted by molar-refractivity contribution is 7.98. The molecule has 0 spiro atoms. The molecule has 0 radical (unpaired) electrons. The van der Waals surface area contributed by atoms with E-state index in [1.54, 1.807) is 11.8 Å². The molecule has 0 saturated heterocycles. The van der Waals surface area contributed by atoms with Crippen LogP contribution < -0.4 is 5.32 Å². The molecule has 0 aliphatic heterocycles. The van der Waals surface area contributed by atoms with Crippen molar-refractivity contribution in [3.63, 3.8) is 0 Å². The highest BCUT2D eigenvalue weighted by Gasteiger charge is 2.21. The van der Waals surface area contributed by atoms with Crippen LogP contribution in [0.25, 0.3) is 5.69 Å². The molecular formula is C24H26Cl2N4OS. The van der Waals surface area contributed by atoms with Crippen molar-refractivity contribution >= 4 is 40.9 Å². The lowest BCUT2D eigenvalue weighted by Crippen LogP contribution is -2.25. The van der Waals surface area contributed by atoms with Crippen molar-refractivity contribution in [2.75, 3.05) is 6.54 Å². The van der Waals surface area contributed by atoms with Gasteiger partial charge in [-0.25, -0.2) is 0 Å². The number of aromatic nitrogens is 3. The zero-order valence-electron chi connectivity index (χ0n) is 17.8. The number of thioether (sulfide) groups is 1. The number of amides is 1. The van der Waals surface area contributed by atoms with Gasteiger partial charge in [0.2, 0.25) is 5.91 Å². The zero-order chi connectivity index (χ0) is 22.3. The predicted molar refractivity (Wildman–Crippen MR) is 131 cm³/mol. The summed E-state index contributed by atoms with van der Waals surface area (Å²) < 4.78 is 2.06. The molecule has 3 aromatic rings. The van der Waals surface area contributed by atoms with Crippen LogP contribution >= 0.6 is 35.0 Å². The third-order valence-electron chi connectivity index (χ3n) is 5.36.